The van der Waals surface area contributed by atoms with E-state index in [1.807, 2.05) is 26.1 Å². The predicted molar refractivity (Wildman–Crippen MR) is 104 cm³/mol. The largest absolute Gasteiger partial charge is 0.439 e. The molecule has 0 aliphatic carbocycles. The Bertz CT molecular complexity index is 1020. The molecule has 2 N–H and O–H groups in total. The summed E-state index contributed by atoms with van der Waals surface area (Å²) in [6.45, 7) is 1.90. The average molecular weight is 401 g/mol. The van der Waals surface area contributed by atoms with Gasteiger partial charge in [-0.3, -0.25) is 4.79 Å². The van der Waals surface area contributed by atoms with Gasteiger partial charge in [-0.25, -0.2) is 0 Å². The predicted octanol–water partition coefficient (Wildman–Crippen LogP) is 5.50. The highest BCUT2D eigenvalue weighted by Gasteiger charge is 2.30. The van der Waals surface area contributed by atoms with Gasteiger partial charge in [-0.2, -0.15) is 18.2 Å². The molecule has 1 aromatic heterocycles. The van der Waals surface area contributed by atoms with Crippen LogP contribution in [-0.2, 0) is 6.18 Å². The van der Waals surface area contributed by atoms with Crippen molar-refractivity contribution in [3.05, 3.63) is 77.4 Å². The number of pyridine rings is 1. The lowest BCUT2D eigenvalue weighted by atomic mass is 10.1. The average Bonchev–Trinajstić information content (AvgIpc) is 2.69. The number of carbonyl (C=O) groups is 1. The van der Waals surface area contributed by atoms with Crippen molar-refractivity contribution in [3.63, 3.8) is 0 Å². The second-order valence-corrected chi connectivity index (χ2v) is 6.22. The minimum Gasteiger partial charge on any atom is -0.439 e. The summed E-state index contributed by atoms with van der Waals surface area (Å²) in [6.07, 6.45) is -4.45. The van der Waals surface area contributed by atoms with Crippen LogP contribution >= 0.6 is 0 Å². The number of ether oxygens (including phenoxy) is 1. The highest BCUT2D eigenvalue weighted by Crippen LogP contribution is 2.29. The van der Waals surface area contributed by atoms with E-state index in [9.17, 15) is 18.0 Å². The van der Waals surface area contributed by atoms with Crippen molar-refractivity contribution in [3.8, 4) is 11.6 Å². The Morgan fingerprint density at radius 2 is 1.76 bits per heavy atom. The topological polar surface area (TPSA) is 63.2 Å². The molecule has 8 heteroatoms. The molecular weight excluding hydrogens is 383 g/mol. The van der Waals surface area contributed by atoms with Crippen molar-refractivity contribution in [1.82, 2.24) is 4.98 Å². The molecule has 3 rings (SSSR count). The number of carbonyl (C=O) groups excluding carboxylic acids is 1. The molecule has 0 atom stereocenters. The van der Waals surface area contributed by atoms with Crippen LogP contribution in [0.1, 0.15) is 21.5 Å². The number of nitrogens with one attached hydrogen (secondary N) is 2. The Morgan fingerprint density at radius 1 is 1.03 bits per heavy atom. The maximum atomic E-state index is 12.6. The van der Waals surface area contributed by atoms with Crippen LogP contribution in [0.25, 0.3) is 0 Å². The molecule has 0 saturated carbocycles. The number of rotatable bonds is 5. The first-order valence-corrected chi connectivity index (χ1v) is 8.68. The number of halogens is 3. The molecule has 0 bridgehead atoms. The van der Waals surface area contributed by atoms with Gasteiger partial charge in [-0.05, 0) is 61.0 Å². The molecule has 0 fully saturated rings. The van der Waals surface area contributed by atoms with Gasteiger partial charge in [-0.15, -0.1) is 0 Å². The Kier molecular flexibility index (Phi) is 5.72. The standard InChI is InChI=1S/C21H18F3N3O2/c1-13-12-16(25-2)10-11-17(13)29-19-5-3-4-18(26-19)27-20(28)14-6-8-15(9-7-14)21(22,23)24/h3-12,25H,1-2H3,(H,26,27,28). The summed E-state index contributed by atoms with van der Waals surface area (Å²) in [5.74, 6) is 0.535. The van der Waals surface area contributed by atoms with Gasteiger partial charge in [0.05, 0.1) is 5.56 Å². The van der Waals surface area contributed by atoms with E-state index in [1.54, 1.807) is 24.3 Å². The van der Waals surface area contributed by atoms with Crippen LogP contribution in [0.4, 0.5) is 24.7 Å². The van der Waals surface area contributed by atoms with Crippen molar-refractivity contribution >= 4 is 17.4 Å². The van der Waals surface area contributed by atoms with E-state index in [1.165, 1.54) is 0 Å². The number of amides is 1. The Balaban J connectivity index is 1.72. The Morgan fingerprint density at radius 3 is 2.38 bits per heavy atom. The first-order chi connectivity index (χ1) is 13.8. The normalized spacial score (nSPS) is 11.1. The Labute approximate surface area is 165 Å². The zero-order valence-corrected chi connectivity index (χ0v) is 15.7. The molecule has 0 saturated heterocycles. The van der Waals surface area contributed by atoms with Crippen LogP contribution in [0.3, 0.4) is 0 Å². The number of alkyl halides is 3. The molecule has 0 unspecified atom stereocenters. The third kappa shape index (κ3) is 5.04. The van der Waals surface area contributed by atoms with Crippen molar-refractivity contribution in [2.45, 2.75) is 13.1 Å². The monoisotopic (exact) mass is 401 g/mol. The van der Waals surface area contributed by atoms with Crippen LogP contribution in [0, 0.1) is 6.92 Å². The summed E-state index contributed by atoms with van der Waals surface area (Å²) in [5, 5.41) is 5.59. The first-order valence-electron chi connectivity index (χ1n) is 8.68. The molecule has 1 amide bonds. The molecular formula is C21H18F3N3O2. The maximum absolute atomic E-state index is 12.6. The van der Waals surface area contributed by atoms with E-state index in [0.29, 0.717) is 5.75 Å². The van der Waals surface area contributed by atoms with Crippen molar-refractivity contribution in [1.29, 1.82) is 0 Å². The van der Waals surface area contributed by atoms with Gasteiger partial charge in [0, 0.05) is 24.4 Å². The molecule has 0 spiro atoms. The molecule has 1 heterocycles. The number of hydrogen-bond acceptors (Lipinski definition) is 4. The zero-order valence-electron chi connectivity index (χ0n) is 15.7. The minimum atomic E-state index is -4.45. The lowest BCUT2D eigenvalue weighted by Crippen LogP contribution is -2.13. The highest BCUT2D eigenvalue weighted by atomic mass is 19.4. The number of nitrogens with zero attached hydrogens (tertiary/aromatic N) is 1. The quantitative estimate of drug-likeness (QED) is 0.593. The van der Waals surface area contributed by atoms with Gasteiger partial charge in [0.1, 0.15) is 11.6 Å². The molecule has 0 radical (unpaired) electrons. The van der Waals surface area contributed by atoms with Crippen LogP contribution in [-0.4, -0.2) is 17.9 Å². The molecule has 150 valence electrons. The molecule has 3 aromatic rings. The van der Waals surface area contributed by atoms with Gasteiger partial charge in [0.25, 0.3) is 5.91 Å². The van der Waals surface area contributed by atoms with Gasteiger partial charge < -0.3 is 15.4 Å². The van der Waals surface area contributed by atoms with E-state index >= 15 is 0 Å². The number of benzene rings is 2. The fourth-order valence-corrected chi connectivity index (χ4v) is 2.57. The highest BCUT2D eigenvalue weighted by molar-refractivity contribution is 6.03. The number of hydrogen-bond donors (Lipinski definition) is 2. The zero-order chi connectivity index (χ0) is 21.0. The van der Waals surface area contributed by atoms with Gasteiger partial charge in [0.15, 0.2) is 0 Å². The van der Waals surface area contributed by atoms with Crippen LogP contribution < -0.4 is 15.4 Å². The third-order valence-electron chi connectivity index (χ3n) is 4.12. The van der Waals surface area contributed by atoms with Crippen LogP contribution in [0.5, 0.6) is 11.6 Å². The first kappa shape index (κ1) is 20.2. The van der Waals surface area contributed by atoms with Gasteiger partial charge in [0.2, 0.25) is 5.88 Å². The maximum Gasteiger partial charge on any atom is 0.416 e. The minimum absolute atomic E-state index is 0.0876. The summed E-state index contributed by atoms with van der Waals surface area (Å²) in [6, 6.07) is 14.4. The van der Waals surface area contributed by atoms with Crippen LogP contribution in [0.15, 0.2) is 60.7 Å². The number of aromatic nitrogens is 1. The molecule has 2 aromatic carbocycles. The van der Waals surface area contributed by atoms with E-state index in [0.717, 1.165) is 35.5 Å². The van der Waals surface area contributed by atoms with Crippen molar-refractivity contribution in [2.24, 2.45) is 0 Å². The Hall–Kier alpha value is -3.55. The van der Waals surface area contributed by atoms with Gasteiger partial charge in [-0.1, -0.05) is 6.07 Å². The lowest BCUT2D eigenvalue weighted by molar-refractivity contribution is -0.137. The third-order valence-corrected chi connectivity index (χ3v) is 4.12. The fourth-order valence-electron chi connectivity index (χ4n) is 2.57. The summed E-state index contributed by atoms with van der Waals surface area (Å²) in [7, 11) is 1.82. The second-order valence-electron chi connectivity index (χ2n) is 6.22. The van der Waals surface area contributed by atoms with Crippen molar-refractivity contribution in [2.75, 3.05) is 17.7 Å². The number of anilines is 2. The summed E-state index contributed by atoms with van der Waals surface area (Å²) < 4.78 is 43.7. The van der Waals surface area contributed by atoms with Crippen LogP contribution in [0.2, 0.25) is 0 Å². The second kappa shape index (κ2) is 8.22. The SMILES string of the molecule is CNc1ccc(Oc2cccc(NC(=O)c3ccc(C(F)(F)F)cc3)n2)c(C)c1. The molecule has 5 nitrogen and oxygen atoms in total. The van der Waals surface area contributed by atoms with E-state index in [4.69, 9.17) is 4.74 Å². The smallest absolute Gasteiger partial charge is 0.416 e. The summed E-state index contributed by atoms with van der Waals surface area (Å²) in [5.41, 5.74) is 1.12. The fraction of sp³-hybridized carbons (Fsp3) is 0.143. The lowest BCUT2D eigenvalue weighted by Gasteiger charge is -2.11. The summed E-state index contributed by atoms with van der Waals surface area (Å²) in [4.78, 5) is 16.5. The molecule has 0 aliphatic rings. The van der Waals surface area contributed by atoms with E-state index in [-0.39, 0.29) is 17.3 Å². The number of aryl methyl sites for hydroxylation is 1. The summed E-state index contributed by atoms with van der Waals surface area (Å²) >= 11 is 0. The molecule has 29 heavy (non-hydrogen) atoms. The van der Waals surface area contributed by atoms with Crippen molar-refractivity contribution < 1.29 is 22.7 Å². The molecule has 0 aliphatic heterocycles. The van der Waals surface area contributed by atoms with E-state index in [2.05, 4.69) is 15.6 Å². The van der Waals surface area contributed by atoms with Gasteiger partial charge >= 0.3 is 6.18 Å². The van der Waals surface area contributed by atoms with E-state index < -0.39 is 17.6 Å².